The minimum absolute atomic E-state index is 0.337. The molecule has 0 aliphatic heterocycles. The smallest absolute Gasteiger partial charge is 0.166 e. The summed E-state index contributed by atoms with van der Waals surface area (Å²) < 4.78 is 37.9. The number of alkyl halides is 3. The lowest BCUT2D eigenvalue weighted by Crippen LogP contribution is -2.09. The van der Waals surface area contributed by atoms with Gasteiger partial charge in [0.25, 0.3) is 0 Å². The Bertz CT molecular complexity index is 350. The minimum atomic E-state index is -4.29. The lowest BCUT2D eigenvalue weighted by atomic mass is 10.00. The first-order valence-electron chi connectivity index (χ1n) is 4.72. The fourth-order valence-corrected chi connectivity index (χ4v) is 1.44. The van der Waals surface area contributed by atoms with Crippen LogP contribution in [0.5, 0.6) is 0 Å². The molecule has 0 atom stereocenters. The van der Waals surface area contributed by atoms with E-state index in [-0.39, 0.29) is 0 Å². The maximum absolute atomic E-state index is 12.6. The van der Waals surface area contributed by atoms with Crippen molar-refractivity contribution in [1.82, 2.24) is 0 Å². The van der Waals surface area contributed by atoms with E-state index in [9.17, 15) is 13.2 Å². The summed E-state index contributed by atoms with van der Waals surface area (Å²) in [6, 6.07) is 4.20. The quantitative estimate of drug-likeness (QED) is 0.712. The van der Waals surface area contributed by atoms with Crippen LogP contribution in [0.1, 0.15) is 30.0 Å². The van der Waals surface area contributed by atoms with Gasteiger partial charge >= 0.3 is 6.18 Å². The third-order valence-electron chi connectivity index (χ3n) is 2.14. The van der Waals surface area contributed by atoms with Gasteiger partial charge in [0.2, 0.25) is 0 Å². The zero-order valence-electron chi connectivity index (χ0n) is 8.49. The normalized spacial score (nSPS) is 11.5. The van der Waals surface area contributed by atoms with Crippen LogP contribution in [-0.4, -0.2) is 0 Å². The minimum Gasteiger partial charge on any atom is -0.166 e. The molecule has 0 aromatic heterocycles. The van der Waals surface area contributed by atoms with Crippen molar-refractivity contribution in [3.8, 4) is 0 Å². The summed E-state index contributed by atoms with van der Waals surface area (Å²) in [6.07, 6.45) is -0.704. The molecule has 1 aromatic carbocycles. The fourth-order valence-electron chi connectivity index (χ4n) is 1.44. The van der Waals surface area contributed by atoms with Crippen molar-refractivity contribution in [1.29, 1.82) is 0 Å². The Labute approximate surface area is 87.4 Å². The maximum atomic E-state index is 12.6. The van der Waals surface area contributed by atoms with E-state index in [1.165, 1.54) is 6.07 Å². The van der Waals surface area contributed by atoms with Gasteiger partial charge in [0.1, 0.15) is 0 Å². The van der Waals surface area contributed by atoms with Crippen LogP contribution in [0.25, 0.3) is 0 Å². The number of halogens is 3. The molecule has 0 nitrogen and oxygen atoms in total. The second kappa shape index (κ2) is 4.51. The summed E-state index contributed by atoms with van der Waals surface area (Å²) in [5.74, 6) is 0. The van der Waals surface area contributed by atoms with E-state index in [1.807, 2.05) is 6.92 Å². The summed E-state index contributed by atoms with van der Waals surface area (Å²) in [7, 11) is 0. The van der Waals surface area contributed by atoms with Crippen LogP contribution in [0.2, 0.25) is 0 Å². The average molecular weight is 213 g/mol. The molecular formula is C12H12F3. The molecule has 0 saturated carbocycles. The Morgan fingerprint density at radius 1 is 1.33 bits per heavy atom. The van der Waals surface area contributed by atoms with Crippen LogP contribution in [0.15, 0.2) is 24.8 Å². The lowest BCUT2D eigenvalue weighted by molar-refractivity contribution is -0.138. The molecule has 0 heterocycles. The molecule has 81 valence electrons. The van der Waals surface area contributed by atoms with Crippen LogP contribution in [0.3, 0.4) is 0 Å². The van der Waals surface area contributed by atoms with Gasteiger partial charge in [-0.3, -0.25) is 0 Å². The van der Waals surface area contributed by atoms with Gasteiger partial charge in [0.15, 0.2) is 0 Å². The topological polar surface area (TPSA) is 0 Å². The Morgan fingerprint density at radius 2 is 2.00 bits per heavy atom. The summed E-state index contributed by atoms with van der Waals surface area (Å²) in [4.78, 5) is 0. The van der Waals surface area contributed by atoms with E-state index in [0.29, 0.717) is 24.0 Å². The molecule has 0 N–H and O–H groups in total. The number of rotatable bonds is 3. The first kappa shape index (κ1) is 11.8. The number of benzene rings is 1. The maximum Gasteiger partial charge on any atom is 0.416 e. The van der Waals surface area contributed by atoms with Gasteiger partial charge in [0, 0.05) is 0 Å². The summed E-state index contributed by atoms with van der Waals surface area (Å²) in [6.45, 7) is 5.19. The molecule has 1 radical (unpaired) electrons. The van der Waals surface area contributed by atoms with Gasteiger partial charge in [-0.15, -0.1) is 0 Å². The molecule has 0 unspecified atom stereocenters. The predicted octanol–water partition coefficient (Wildman–Crippen LogP) is 4.00. The Hall–Kier alpha value is -1.25. The van der Waals surface area contributed by atoms with E-state index in [1.54, 1.807) is 6.07 Å². The molecule has 0 spiro atoms. The summed E-state index contributed by atoms with van der Waals surface area (Å²) in [5.41, 5.74) is 0.143. The average Bonchev–Trinajstić information content (AvgIpc) is 2.17. The third kappa shape index (κ3) is 2.85. The van der Waals surface area contributed by atoms with E-state index in [2.05, 4.69) is 12.7 Å². The van der Waals surface area contributed by atoms with Gasteiger partial charge in [-0.1, -0.05) is 32.1 Å². The number of hydrogen-bond donors (Lipinski definition) is 0. The van der Waals surface area contributed by atoms with E-state index in [0.717, 1.165) is 6.07 Å². The first-order valence-corrected chi connectivity index (χ1v) is 4.72. The van der Waals surface area contributed by atoms with Crippen LogP contribution in [0, 0.1) is 6.08 Å². The van der Waals surface area contributed by atoms with E-state index in [4.69, 9.17) is 0 Å². The van der Waals surface area contributed by atoms with Gasteiger partial charge < -0.3 is 0 Å². The Kier molecular flexibility index (Phi) is 3.56. The Morgan fingerprint density at radius 3 is 2.47 bits per heavy atom. The molecule has 0 saturated heterocycles. The van der Waals surface area contributed by atoms with Crippen LogP contribution in [0.4, 0.5) is 13.2 Å². The van der Waals surface area contributed by atoms with Crippen molar-refractivity contribution in [3.05, 3.63) is 47.5 Å². The predicted molar refractivity (Wildman–Crippen MR) is 53.4 cm³/mol. The highest BCUT2D eigenvalue weighted by Gasteiger charge is 2.32. The Balaban J connectivity index is 3.22. The second-order valence-corrected chi connectivity index (χ2v) is 3.30. The van der Waals surface area contributed by atoms with Crippen molar-refractivity contribution in [2.75, 3.05) is 0 Å². The van der Waals surface area contributed by atoms with Crippen molar-refractivity contribution >= 4 is 0 Å². The molecule has 0 bridgehead atoms. The summed E-state index contributed by atoms with van der Waals surface area (Å²) in [5, 5.41) is 0. The van der Waals surface area contributed by atoms with Crippen molar-refractivity contribution in [3.63, 3.8) is 0 Å². The van der Waals surface area contributed by atoms with Crippen molar-refractivity contribution in [2.45, 2.75) is 25.9 Å². The summed E-state index contributed by atoms with van der Waals surface area (Å²) >= 11 is 0. The molecule has 1 aromatic rings. The first-order chi connectivity index (χ1) is 6.99. The largest absolute Gasteiger partial charge is 0.416 e. The second-order valence-electron chi connectivity index (χ2n) is 3.30. The molecule has 0 fully saturated rings. The van der Waals surface area contributed by atoms with Crippen LogP contribution < -0.4 is 0 Å². The molecular weight excluding hydrogens is 201 g/mol. The molecule has 1 rings (SSSR count). The van der Waals surface area contributed by atoms with Crippen LogP contribution >= 0.6 is 0 Å². The molecule has 0 amide bonds. The number of aryl methyl sites for hydroxylation is 1. The molecule has 0 aliphatic carbocycles. The highest BCUT2D eigenvalue weighted by Crippen LogP contribution is 2.33. The third-order valence-corrected chi connectivity index (χ3v) is 2.14. The van der Waals surface area contributed by atoms with Crippen LogP contribution in [-0.2, 0) is 12.6 Å². The monoisotopic (exact) mass is 213 g/mol. The lowest BCUT2D eigenvalue weighted by Gasteiger charge is -2.12. The molecule has 0 aliphatic rings. The highest BCUT2D eigenvalue weighted by atomic mass is 19.4. The highest BCUT2D eigenvalue weighted by molar-refractivity contribution is 5.36. The van der Waals surface area contributed by atoms with Gasteiger partial charge in [-0.05, 0) is 29.7 Å². The van der Waals surface area contributed by atoms with Crippen molar-refractivity contribution < 1.29 is 13.2 Å². The zero-order chi connectivity index (χ0) is 11.5. The van der Waals surface area contributed by atoms with Gasteiger partial charge in [0.05, 0.1) is 5.56 Å². The van der Waals surface area contributed by atoms with E-state index < -0.39 is 11.7 Å². The van der Waals surface area contributed by atoms with Gasteiger partial charge in [-0.2, -0.15) is 13.2 Å². The zero-order valence-corrected chi connectivity index (χ0v) is 8.49. The number of hydrogen-bond acceptors (Lipinski definition) is 0. The van der Waals surface area contributed by atoms with E-state index >= 15 is 0 Å². The molecule has 15 heavy (non-hydrogen) atoms. The fraction of sp³-hybridized carbons (Fsp3) is 0.333. The van der Waals surface area contributed by atoms with Crippen molar-refractivity contribution in [2.24, 2.45) is 0 Å². The van der Waals surface area contributed by atoms with Gasteiger partial charge in [-0.25, -0.2) is 0 Å². The standard InChI is InChI=1S/C12H12F3/c1-3-5-10-7-6-9(4-2)8-11(10)12(13,14)15/h6-8H,2-3,5H2,1H3. The molecule has 3 heteroatoms. The SMILES string of the molecule is C=[C]c1ccc(CCC)c(C(F)(F)F)c1.